The number of aromatic nitrogens is 2. The fourth-order valence-electron chi connectivity index (χ4n) is 2.83. The van der Waals surface area contributed by atoms with Gasteiger partial charge in [-0.1, -0.05) is 19.8 Å². The van der Waals surface area contributed by atoms with Crippen molar-refractivity contribution in [3.8, 4) is 0 Å². The van der Waals surface area contributed by atoms with Crippen LogP contribution in [0.4, 0.5) is 0 Å². The summed E-state index contributed by atoms with van der Waals surface area (Å²) >= 11 is 0. The lowest BCUT2D eigenvalue weighted by Gasteiger charge is -2.30. The molecule has 1 aromatic rings. The van der Waals surface area contributed by atoms with Gasteiger partial charge in [0.05, 0.1) is 11.4 Å². The molecule has 1 aromatic heterocycles. The lowest BCUT2D eigenvalue weighted by molar-refractivity contribution is 0.251. The molecule has 1 atom stereocenters. The number of nitrogens with two attached hydrogens (primary N) is 1. The van der Waals surface area contributed by atoms with Gasteiger partial charge in [-0.15, -0.1) is 0 Å². The average Bonchev–Trinajstić information content (AvgIpc) is 2.58. The molecule has 1 unspecified atom stereocenters. The molecule has 3 heteroatoms. The quantitative estimate of drug-likeness (QED) is 0.834. The Kier molecular flexibility index (Phi) is 3.33. The van der Waals surface area contributed by atoms with Crippen molar-refractivity contribution in [2.24, 2.45) is 24.6 Å². The Morgan fingerprint density at radius 2 is 2.00 bits per heavy atom. The lowest BCUT2D eigenvalue weighted by atomic mass is 9.78. The second-order valence-electron chi connectivity index (χ2n) is 5.38. The summed E-state index contributed by atoms with van der Waals surface area (Å²) in [6, 6.07) is 2.29. The second-order valence-corrected chi connectivity index (χ2v) is 5.38. The van der Waals surface area contributed by atoms with Gasteiger partial charge in [0.25, 0.3) is 0 Å². The summed E-state index contributed by atoms with van der Waals surface area (Å²) in [5.74, 6) is 1.53. The summed E-state index contributed by atoms with van der Waals surface area (Å²) in [6.45, 7) is 4.37. The minimum atomic E-state index is 0.165. The third-order valence-electron chi connectivity index (χ3n) is 3.95. The van der Waals surface area contributed by atoms with Crippen molar-refractivity contribution in [3.63, 3.8) is 0 Å². The first-order valence-corrected chi connectivity index (χ1v) is 6.34. The molecule has 0 aromatic carbocycles. The minimum Gasteiger partial charge on any atom is -0.322 e. The third-order valence-corrected chi connectivity index (χ3v) is 3.95. The predicted molar refractivity (Wildman–Crippen MR) is 66.0 cm³/mol. The molecule has 1 aliphatic carbocycles. The van der Waals surface area contributed by atoms with E-state index >= 15 is 0 Å². The normalized spacial score (nSPS) is 28.0. The van der Waals surface area contributed by atoms with Gasteiger partial charge in [-0.2, -0.15) is 5.10 Å². The summed E-state index contributed by atoms with van der Waals surface area (Å²) < 4.78 is 1.94. The summed E-state index contributed by atoms with van der Waals surface area (Å²) in [5, 5.41) is 4.38. The van der Waals surface area contributed by atoms with Gasteiger partial charge in [0.15, 0.2) is 0 Å². The van der Waals surface area contributed by atoms with Crippen LogP contribution in [0.1, 0.15) is 50.0 Å². The third kappa shape index (κ3) is 2.29. The second kappa shape index (κ2) is 4.58. The van der Waals surface area contributed by atoms with Crippen LogP contribution in [-0.2, 0) is 7.05 Å². The van der Waals surface area contributed by atoms with Crippen LogP contribution in [0, 0.1) is 18.8 Å². The predicted octanol–water partition coefficient (Wildman–Crippen LogP) is 2.55. The number of hydrogen-bond donors (Lipinski definition) is 1. The summed E-state index contributed by atoms with van der Waals surface area (Å²) in [7, 11) is 1.99. The van der Waals surface area contributed by atoms with E-state index in [2.05, 4.69) is 18.1 Å². The largest absolute Gasteiger partial charge is 0.322 e. The molecule has 0 spiro atoms. The molecular weight excluding hydrogens is 198 g/mol. The molecule has 16 heavy (non-hydrogen) atoms. The minimum absolute atomic E-state index is 0.165. The van der Waals surface area contributed by atoms with Crippen LogP contribution in [0.2, 0.25) is 0 Å². The molecule has 1 fully saturated rings. The molecule has 0 amide bonds. The smallest absolute Gasteiger partial charge is 0.0597 e. The molecule has 0 bridgehead atoms. The van der Waals surface area contributed by atoms with Gasteiger partial charge < -0.3 is 5.73 Å². The molecular formula is C13H23N3. The van der Waals surface area contributed by atoms with Crippen LogP contribution in [0.3, 0.4) is 0 Å². The first-order chi connectivity index (χ1) is 7.58. The fourth-order valence-corrected chi connectivity index (χ4v) is 2.83. The zero-order valence-electron chi connectivity index (χ0n) is 10.6. The molecule has 1 heterocycles. The number of aryl methyl sites for hydroxylation is 2. The van der Waals surface area contributed by atoms with Crippen LogP contribution in [0.15, 0.2) is 6.07 Å². The monoisotopic (exact) mass is 221 g/mol. The van der Waals surface area contributed by atoms with Crippen molar-refractivity contribution >= 4 is 0 Å². The first-order valence-electron chi connectivity index (χ1n) is 6.34. The van der Waals surface area contributed by atoms with Gasteiger partial charge in [-0.05, 0) is 37.7 Å². The Morgan fingerprint density at radius 1 is 1.38 bits per heavy atom. The maximum atomic E-state index is 6.37. The summed E-state index contributed by atoms with van der Waals surface area (Å²) in [4.78, 5) is 0. The van der Waals surface area contributed by atoms with E-state index in [1.807, 2.05) is 18.7 Å². The van der Waals surface area contributed by atoms with Crippen molar-refractivity contribution in [1.82, 2.24) is 9.78 Å². The summed E-state index contributed by atoms with van der Waals surface area (Å²) in [6.07, 6.45) is 5.20. The van der Waals surface area contributed by atoms with E-state index in [9.17, 15) is 0 Å². The Morgan fingerprint density at radius 3 is 2.50 bits per heavy atom. The molecule has 2 N–H and O–H groups in total. The van der Waals surface area contributed by atoms with Crippen LogP contribution in [-0.4, -0.2) is 9.78 Å². The van der Waals surface area contributed by atoms with Gasteiger partial charge in [-0.25, -0.2) is 0 Å². The van der Waals surface area contributed by atoms with Crippen molar-refractivity contribution in [1.29, 1.82) is 0 Å². The molecule has 1 saturated carbocycles. The van der Waals surface area contributed by atoms with E-state index in [0.29, 0.717) is 5.92 Å². The van der Waals surface area contributed by atoms with Gasteiger partial charge in [0.2, 0.25) is 0 Å². The first kappa shape index (κ1) is 11.6. The maximum Gasteiger partial charge on any atom is 0.0597 e. The van der Waals surface area contributed by atoms with Crippen LogP contribution >= 0.6 is 0 Å². The van der Waals surface area contributed by atoms with Gasteiger partial charge in [0, 0.05) is 13.1 Å². The van der Waals surface area contributed by atoms with Crippen LogP contribution in [0.25, 0.3) is 0 Å². The molecule has 2 rings (SSSR count). The highest BCUT2D eigenvalue weighted by Crippen LogP contribution is 2.35. The maximum absolute atomic E-state index is 6.37. The van der Waals surface area contributed by atoms with Crippen LogP contribution < -0.4 is 5.73 Å². The number of nitrogens with zero attached hydrogens (tertiary/aromatic N) is 2. The Hall–Kier alpha value is -0.830. The highest BCUT2D eigenvalue weighted by molar-refractivity contribution is 5.13. The van der Waals surface area contributed by atoms with E-state index in [4.69, 9.17) is 5.73 Å². The Balaban J connectivity index is 2.07. The Labute approximate surface area is 98.0 Å². The molecule has 0 aliphatic heterocycles. The molecule has 90 valence electrons. The van der Waals surface area contributed by atoms with Gasteiger partial charge >= 0.3 is 0 Å². The van der Waals surface area contributed by atoms with Crippen LogP contribution in [0.5, 0.6) is 0 Å². The Bertz CT molecular complexity index is 348. The highest BCUT2D eigenvalue weighted by atomic mass is 15.3. The number of hydrogen-bond acceptors (Lipinski definition) is 2. The van der Waals surface area contributed by atoms with E-state index in [1.165, 1.54) is 31.4 Å². The summed E-state index contributed by atoms with van der Waals surface area (Å²) in [5.41, 5.74) is 8.63. The van der Waals surface area contributed by atoms with E-state index in [0.717, 1.165) is 11.6 Å². The van der Waals surface area contributed by atoms with E-state index in [-0.39, 0.29) is 6.04 Å². The average molecular weight is 221 g/mol. The SMILES string of the molecule is Cc1cc(C(N)C2CCC(C)CC2)n(C)n1. The molecule has 3 nitrogen and oxygen atoms in total. The zero-order chi connectivity index (χ0) is 11.7. The van der Waals surface area contributed by atoms with E-state index in [1.54, 1.807) is 0 Å². The van der Waals surface area contributed by atoms with Gasteiger partial charge in [0.1, 0.15) is 0 Å². The zero-order valence-corrected chi connectivity index (χ0v) is 10.6. The van der Waals surface area contributed by atoms with Crippen molar-refractivity contribution in [3.05, 3.63) is 17.5 Å². The van der Waals surface area contributed by atoms with Crippen molar-refractivity contribution in [2.45, 2.75) is 45.6 Å². The lowest BCUT2D eigenvalue weighted by Crippen LogP contribution is -2.27. The topological polar surface area (TPSA) is 43.8 Å². The fraction of sp³-hybridized carbons (Fsp3) is 0.769. The molecule has 0 radical (unpaired) electrons. The van der Waals surface area contributed by atoms with Gasteiger partial charge in [-0.3, -0.25) is 4.68 Å². The van der Waals surface area contributed by atoms with E-state index < -0.39 is 0 Å². The molecule has 1 aliphatic rings. The van der Waals surface area contributed by atoms with Crippen molar-refractivity contribution in [2.75, 3.05) is 0 Å². The number of rotatable bonds is 2. The standard InChI is InChI=1S/C13H23N3/c1-9-4-6-11(7-5-9)13(14)12-8-10(2)15-16(12)3/h8-9,11,13H,4-7,14H2,1-3H3. The van der Waals surface area contributed by atoms with Crippen molar-refractivity contribution < 1.29 is 0 Å². The molecule has 0 saturated heterocycles. The highest BCUT2D eigenvalue weighted by Gasteiger charge is 2.26.